The fourth-order valence-electron chi connectivity index (χ4n) is 3.33. The van der Waals surface area contributed by atoms with Crippen LogP contribution in [0.2, 0.25) is 0 Å². The molecule has 3 heterocycles. The number of hydrogen-bond donors (Lipinski definition) is 0. The third kappa shape index (κ3) is 4.14. The van der Waals surface area contributed by atoms with E-state index in [1.165, 1.54) is 4.90 Å². The molecule has 0 saturated carbocycles. The number of pyridine rings is 1. The summed E-state index contributed by atoms with van der Waals surface area (Å²) in [4.78, 5) is 32.3. The van der Waals surface area contributed by atoms with Gasteiger partial charge in [-0.2, -0.15) is 0 Å². The minimum atomic E-state index is -3.08. The average Bonchev–Trinajstić information content (AvgIpc) is 3.28. The molecule has 8 nitrogen and oxygen atoms in total. The Kier molecular flexibility index (Phi) is 5.45. The van der Waals surface area contributed by atoms with Crippen LogP contribution in [0.3, 0.4) is 0 Å². The lowest BCUT2D eigenvalue weighted by Crippen LogP contribution is -2.40. The fraction of sp³-hybridized carbons (Fsp3) is 0.588. The minimum absolute atomic E-state index is 0.0368. The predicted molar refractivity (Wildman–Crippen MR) is 95.8 cm³/mol. The van der Waals surface area contributed by atoms with Crippen LogP contribution < -0.4 is 4.90 Å². The van der Waals surface area contributed by atoms with Gasteiger partial charge in [0.05, 0.1) is 11.5 Å². The molecule has 0 aliphatic carbocycles. The van der Waals surface area contributed by atoms with Crippen molar-refractivity contribution in [3.8, 4) is 0 Å². The molecule has 1 unspecified atom stereocenters. The first-order chi connectivity index (χ1) is 12.4. The van der Waals surface area contributed by atoms with Crippen molar-refractivity contribution in [2.75, 3.05) is 43.1 Å². The summed E-state index contributed by atoms with van der Waals surface area (Å²) >= 11 is 0. The highest BCUT2D eigenvalue weighted by Crippen LogP contribution is 2.22. The Morgan fingerprint density at radius 1 is 1.35 bits per heavy atom. The Bertz CT molecular complexity index is 789. The molecule has 0 N–H and O–H groups in total. The number of aromatic nitrogens is 1. The van der Waals surface area contributed by atoms with Crippen LogP contribution >= 0.6 is 0 Å². The van der Waals surface area contributed by atoms with E-state index in [1.54, 1.807) is 25.4 Å². The molecule has 1 atom stereocenters. The first-order valence-corrected chi connectivity index (χ1v) is 10.5. The number of anilines is 1. The molecule has 3 rings (SSSR count). The number of carbonyl (C=O) groups excluding carboxylic acids is 2. The van der Waals surface area contributed by atoms with Gasteiger partial charge in [0, 0.05) is 32.4 Å². The maximum absolute atomic E-state index is 12.4. The second-order valence-electron chi connectivity index (χ2n) is 6.71. The molecule has 0 radical (unpaired) electrons. The van der Waals surface area contributed by atoms with E-state index in [0.29, 0.717) is 17.8 Å². The Hall–Kier alpha value is -2.16. The van der Waals surface area contributed by atoms with Crippen LogP contribution in [-0.4, -0.2) is 74.5 Å². The van der Waals surface area contributed by atoms with E-state index in [-0.39, 0.29) is 17.5 Å². The Labute approximate surface area is 153 Å². The summed E-state index contributed by atoms with van der Waals surface area (Å²) in [5.74, 6) is -0.375. The Morgan fingerprint density at radius 3 is 2.73 bits per heavy atom. The Balaban J connectivity index is 1.60. The molecule has 1 amide bonds. The molecular formula is C17H23N3O5S. The van der Waals surface area contributed by atoms with Crippen molar-refractivity contribution in [2.45, 2.75) is 25.3 Å². The van der Waals surface area contributed by atoms with Crippen molar-refractivity contribution in [2.24, 2.45) is 0 Å². The minimum Gasteiger partial charge on any atom is -0.452 e. The molecule has 9 heteroatoms. The number of carbonyl (C=O) groups is 2. The van der Waals surface area contributed by atoms with Gasteiger partial charge in [0.15, 0.2) is 16.4 Å². The summed E-state index contributed by atoms with van der Waals surface area (Å²) in [5, 5.41) is 0. The van der Waals surface area contributed by atoms with Gasteiger partial charge in [-0.25, -0.2) is 18.2 Å². The molecule has 1 aromatic heterocycles. The molecule has 0 bridgehead atoms. The lowest BCUT2D eigenvalue weighted by molar-refractivity contribution is -0.134. The quantitative estimate of drug-likeness (QED) is 0.685. The monoisotopic (exact) mass is 381 g/mol. The first kappa shape index (κ1) is 18.6. The van der Waals surface area contributed by atoms with Crippen LogP contribution in [-0.2, 0) is 19.4 Å². The van der Waals surface area contributed by atoms with Crippen molar-refractivity contribution in [1.29, 1.82) is 0 Å². The van der Waals surface area contributed by atoms with Crippen LogP contribution in [0.15, 0.2) is 18.3 Å². The Morgan fingerprint density at radius 2 is 2.08 bits per heavy atom. The number of esters is 1. The highest BCUT2D eigenvalue weighted by atomic mass is 32.2. The molecular weight excluding hydrogens is 358 g/mol. The van der Waals surface area contributed by atoms with Crippen molar-refractivity contribution in [3.05, 3.63) is 23.9 Å². The third-order valence-corrected chi connectivity index (χ3v) is 6.64. The number of ether oxygens (including phenoxy) is 1. The summed E-state index contributed by atoms with van der Waals surface area (Å²) < 4.78 is 28.3. The third-order valence-electron chi connectivity index (χ3n) is 4.89. The molecule has 1 aromatic rings. The number of rotatable bonds is 5. The lowest BCUT2D eigenvalue weighted by atomic mass is 10.2. The summed E-state index contributed by atoms with van der Waals surface area (Å²) in [6.07, 6.45) is 4.15. The normalized spacial score (nSPS) is 21.6. The number of nitrogens with zero attached hydrogens (tertiary/aromatic N) is 3. The maximum atomic E-state index is 12.4. The second kappa shape index (κ2) is 7.61. The van der Waals surface area contributed by atoms with Crippen molar-refractivity contribution in [3.63, 3.8) is 0 Å². The molecule has 2 fully saturated rings. The topological polar surface area (TPSA) is 96.9 Å². The van der Waals surface area contributed by atoms with Crippen molar-refractivity contribution >= 4 is 27.5 Å². The zero-order chi connectivity index (χ0) is 18.7. The second-order valence-corrected chi connectivity index (χ2v) is 8.94. The van der Waals surface area contributed by atoms with Crippen LogP contribution in [0.25, 0.3) is 0 Å². The first-order valence-electron chi connectivity index (χ1n) is 8.70. The standard InChI is InChI=1S/C17H23N3O5S/c1-19(13-6-10-26(23,24)12-13)15(21)11-25-17(22)14-5-4-7-18-16(14)20-8-2-3-9-20/h4-5,7,13H,2-3,6,8-12H2,1H3. The van der Waals surface area contributed by atoms with E-state index in [0.717, 1.165) is 25.9 Å². The maximum Gasteiger partial charge on any atom is 0.342 e. The smallest absolute Gasteiger partial charge is 0.342 e. The highest BCUT2D eigenvalue weighted by molar-refractivity contribution is 7.91. The van der Waals surface area contributed by atoms with E-state index < -0.39 is 28.3 Å². The largest absolute Gasteiger partial charge is 0.452 e. The average molecular weight is 381 g/mol. The summed E-state index contributed by atoms with van der Waals surface area (Å²) in [6, 6.07) is 2.94. The van der Waals surface area contributed by atoms with Gasteiger partial charge in [-0.1, -0.05) is 0 Å². The molecule has 142 valence electrons. The van der Waals surface area contributed by atoms with Gasteiger partial charge in [0.25, 0.3) is 5.91 Å². The SMILES string of the molecule is CN(C(=O)COC(=O)c1cccnc1N1CCCC1)C1CCS(=O)(=O)C1. The van der Waals surface area contributed by atoms with E-state index in [1.807, 2.05) is 4.90 Å². The van der Waals surface area contributed by atoms with E-state index in [4.69, 9.17) is 4.74 Å². The molecule has 2 saturated heterocycles. The van der Waals surface area contributed by atoms with Gasteiger partial charge in [0.2, 0.25) is 0 Å². The van der Waals surface area contributed by atoms with Crippen LogP contribution in [0.4, 0.5) is 5.82 Å². The van der Waals surface area contributed by atoms with Gasteiger partial charge in [-0.05, 0) is 31.4 Å². The highest BCUT2D eigenvalue weighted by Gasteiger charge is 2.33. The lowest BCUT2D eigenvalue weighted by Gasteiger charge is -2.23. The molecule has 0 spiro atoms. The number of sulfone groups is 1. The molecule has 2 aliphatic heterocycles. The number of hydrogen-bond acceptors (Lipinski definition) is 7. The van der Waals surface area contributed by atoms with Gasteiger partial charge in [-0.3, -0.25) is 4.79 Å². The molecule has 2 aliphatic rings. The fourth-order valence-corrected chi connectivity index (χ4v) is 5.10. The predicted octanol–water partition coefficient (Wildman–Crippen LogP) is 0.484. The number of likely N-dealkylation sites (N-methyl/N-ethyl adjacent to an activating group) is 1. The van der Waals surface area contributed by atoms with Crippen LogP contribution in [0.1, 0.15) is 29.6 Å². The van der Waals surface area contributed by atoms with E-state index in [9.17, 15) is 18.0 Å². The van der Waals surface area contributed by atoms with Crippen molar-refractivity contribution in [1.82, 2.24) is 9.88 Å². The molecule has 26 heavy (non-hydrogen) atoms. The number of amides is 1. The zero-order valence-electron chi connectivity index (χ0n) is 14.8. The summed E-state index contributed by atoms with van der Waals surface area (Å²) in [6.45, 7) is 1.27. The van der Waals surface area contributed by atoms with Crippen LogP contribution in [0, 0.1) is 0 Å². The van der Waals surface area contributed by atoms with E-state index >= 15 is 0 Å². The van der Waals surface area contributed by atoms with Crippen molar-refractivity contribution < 1.29 is 22.7 Å². The summed E-state index contributed by atoms with van der Waals surface area (Å²) in [7, 11) is -1.54. The van der Waals surface area contributed by atoms with Gasteiger partial charge >= 0.3 is 5.97 Å². The van der Waals surface area contributed by atoms with E-state index in [2.05, 4.69) is 4.98 Å². The van der Waals surface area contributed by atoms with Gasteiger partial charge < -0.3 is 14.5 Å². The van der Waals surface area contributed by atoms with Gasteiger partial charge in [0.1, 0.15) is 11.4 Å². The summed E-state index contributed by atoms with van der Waals surface area (Å²) in [5.41, 5.74) is 0.341. The zero-order valence-corrected chi connectivity index (χ0v) is 15.6. The molecule has 0 aromatic carbocycles. The van der Waals surface area contributed by atoms with Crippen LogP contribution in [0.5, 0.6) is 0 Å². The van der Waals surface area contributed by atoms with Gasteiger partial charge in [-0.15, -0.1) is 0 Å².